The van der Waals surface area contributed by atoms with Gasteiger partial charge < -0.3 is 19.9 Å². The molecule has 4 N–H and O–H groups in total. The lowest BCUT2D eigenvalue weighted by molar-refractivity contribution is 0.176. The van der Waals surface area contributed by atoms with Gasteiger partial charge in [-0.15, -0.1) is 0 Å². The van der Waals surface area contributed by atoms with Gasteiger partial charge in [0.1, 0.15) is 24.0 Å². The monoisotopic (exact) mass is 470 g/mol. The van der Waals surface area contributed by atoms with E-state index in [1.54, 1.807) is 23.9 Å². The van der Waals surface area contributed by atoms with Crippen molar-refractivity contribution in [1.29, 1.82) is 5.26 Å². The minimum atomic E-state index is -0.740. The van der Waals surface area contributed by atoms with Gasteiger partial charge in [0.25, 0.3) is 0 Å². The molecular weight excluding hydrogens is 440 g/mol. The number of imidazole rings is 1. The van der Waals surface area contributed by atoms with E-state index < -0.39 is 18.2 Å². The fourth-order valence-corrected chi connectivity index (χ4v) is 4.42. The Bertz CT molecular complexity index is 1210. The predicted octanol–water partition coefficient (Wildman–Crippen LogP) is 2.91. The normalized spacial score (nSPS) is 19.5. The highest BCUT2D eigenvalue weighted by Gasteiger charge is 2.31. The largest absolute Gasteiger partial charge is 0.394 e. The Labute approximate surface area is 205 Å². The first-order chi connectivity index (χ1) is 17.0. The lowest BCUT2D eigenvalue weighted by Gasteiger charge is -2.37. The summed E-state index contributed by atoms with van der Waals surface area (Å²) < 4.78 is 1.70. The average Bonchev–Trinajstić information content (AvgIpc) is 3.35. The lowest BCUT2D eigenvalue weighted by Crippen LogP contribution is -2.46. The predicted molar refractivity (Wildman–Crippen MR) is 133 cm³/mol. The van der Waals surface area contributed by atoms with E-state index in [-0.39, 0.29) is 19.3 Å². The summed E-state index contributed by atoms with van der Waals surface area (Å²) in [5, 5.41) is 40.9. The molecule has 0 amide bonds. The summed E-state index contributed by atoms with van der Waals surface area (Å²) in [4.78, 5) is 4.14. The van der Waals surface area contributed by atoms with Crippen LogP contribution in [0.2, 0.25) is 0 Å². The van der Waals surface area contributed by atoms with Crippen LogP contribution in [-0.2, 0) is 0 Å². The Kier molecular flexibility index (Phi) is 7.97. The molecule has 1 aromatic heterocycles. The Hall–Kier alpha value is -3.46. The number of nitrogens with one attached hydrogen (secondary N) is 1. The highest BCUT2D eigenvalue weighted by molar-refractivity contribution is 5.64. The van der Waals surface area contributed by atoms with Crippen LogP contribution < -0.4 is 5.32 Å². The number of nitrogens with zero attached hydrogens (tertiary/aromatic N) is 3. The van der Waals surface area contributed by atoms with E-state index in [1.807, 2.05) is 24.3 Å². The first-order valence-corrected chi connectivity index (χ1v) is 11.8. The second-order valence-electron chi connectivity index (χ2n) is 8.93. The van der Waals surface area contributed by atoms with E-state index in [2.05, 4.69) is 52.5 Å². The standard InChI is InChI=1S/C28H30N4O3/c1-19(35)28-30-12-13-32(28)27(18-34)11-4-20-2-5-21(6-3-20)22-7-9-23(10-8-22)24-14-25(15-24)31-26(16-29)17-33/h2-3,5-10,12-13,19,24-27,31,33-35H,14-15,17-18H2,1H3. The molecule has 4 rings (SSSR count). The number of rotatable bonds is 8. The number of nitriles is 1. The molecule has 1 heterocycles. The Balaban J connectivity index is 1.37. The summed E-state index contributed by atoms with van der Waals surface area (Å²) in [6.45, 7) is 1.30. The summed E-state index contributed by atoms with van der Waals surface area (Å²) in [7, 11) is 0. The number of hydrogen-bond donors (Lipinski definition) is 4. The summed E-state index contributed by atoms with van der Waals surface area (Å²) >= 11 is 0. The Morgan fingerprint density at radius 3 is 2.29 bits per heavy atom. The zero-order valence-corrected chi connectivity index (χ0v) is 19.7. The van der Waals surface area contributed by atoms with E-state index in [1.165, 1.54) is 5.56 Å². The van der Waals surface area contributed by atoms with Gasteiger partial charge >= 0.3 is 0 Å². The van der Waals surface area contributed by atoms with Crippen molar-refractivity contribution < 1.29 is 15.3 Å². The molecule has 3 unspecified atom stereocenters. The average molecular weight is 471 g/mol. The van der Waals surface area contributed by atoms with Gasteiger partial charge in [-0.1, -0.05) is 48.2 Å². The van der Waals surface area contributed by atoms with Crippen LogP contribution in [0.4, 0.5) is 0 Å². The van der Waals surface area contributed by atoms with Crippen molar-refractivity contribution in [2.45, 2.75) is 49.9 Å². The third kappa shape index (κ3) is 5.79. The molecule has 0 radical (unpaired) electrons. The molecule has 35 heavy (non-hydrogen) atoms. The smallest absolute Gasteiger partial charge is 0.138 e. The van der Waals surface area contributed by atoms with Gasteiger partial charge in [-0.05, 0) is 54.5 Å². The minimum Gasteiger partial charge on any atom is -0.394 e. The first kappa shape index (κ1) is 24.7. The first-order valence-electron chi connectivity index (χ1n) is 11.8. The minimum absolute atomic E-state index is 0.159. The molecule has 3 atom stereocenters. The zero-order valence-electron chi connectivity index (χ0n) is 19.7. The number of aliphatic hydroxyl groups is 3. The van der Waals surface area contributed by atoms with Gasteiger partial charge in [-0.2, -0.15) is 5.26 Å². The van der Waals surface area contributed by atoms with Crippen molar-refractivity contribution in [3.05, 3.63) is 77.9 Å². The van der Waals surface area contributed by atoms with Crippen LogP contribution in [0.5, 0.6) is 0 Å². The van der Waals surface area contributed by atoms with Crippen molar-refractivity contribution in [2.24, 2.45) is 0 Å². The quantitative estimate of drug-likeness (QED) is 0.377. The summed E-state index contributed by atoms with van der Waals surface area (Å²) in [5.41, 5.74) is 4.35. The van der Waals surface area contributed by atoms with E-state index in [0.29, 0.717) is 11.7 Å². The third-order valence-corrected chi connectivity index (χ3v) is 6.48. The molecule has 0 bridgehead atoms. The van der Waals surface area contributed by atoms with Crippen LogP contribution in [0.1, 0.15) is 54.8 Å². The van der Waals surface area contributed by atoms with E-state index in [4.69, 9.17) is 10.4 Å². The number of aromatic nitrogens is 2. The van der Waals surface area contributed by atoms with Crippen LogP contribution in [0.25, 0.3) is 11.1 Å². The van der Waals surface area contributed by atoms with Gasteiger partial charge in [0.2, 0.25) is 0 Å². The number of aliphatic hydroxyl groups excluding tert-OH is 3. The van der Waals surface area contributed by atoms with Gasteiger partial charge in [0.15, 0.2) is 0 Å². The summed E-state index contributed by atoms with van der Waals surface area (Å²) in [5.74, 6) is 7.13. The molecule has 0 saturated heterocycles. The van der Waals surface area contributed by atoms with Crippen molar-refractivity contribution in [2.75, 3.05) is 13.2 Å². The van der Waals surface area contributed by atoms with E-state index >= 15 is 0 Å². The molecule has 2 aromatic carbocycles. The molecule has 1 aliphatic carbocycles. The fourth-order valence-electron chi connectivity index (χ4n) is 4.42. The van der Waals surface area contributed by atoms with E-state index in [0.717, 1.165) is 29.5 Å². The maximum Gasteiger partial charge on any atom is 0.138 e. The van der Waals surface area contributed by atoms with Crippen LogP contribution in [0, 0.1) is 23.2 Å². The van der Waals surface area contributed by atoms with E-state index in [9.17, 15) is 10.2 Å². The second kappa shape index (κ2) is 11.3. The molecule has 3 aromatic rings. The molecular formula is C28H30N4O3. The highest BCUT2D eigenvalue weighted by atomic mass is 16.3. The van der Waals surface area contributed by atoms with Gasteiger partial charge in [-0.25, -0.2) is 4.98 Å². The van der Waals surface area contributed by atoms with Crippen molar-refractivity contribution >= 4 is 0 Å². The van der Waals surface area contributed by atoms with Gasteiger partial charge in [0.05, 0.1) is 19.3 Å². The maximum atomic E-state index is 9.85. The Morgan fingerprint density at radius 2 is 1.71 bits per heavy atom. The summed E-state index contributed by atoms with van der Waals surface area (Å²) in [6.07, 6.45) is 4.50. The summed E-state index contributed by atoms with van der Waals surface area (Å²) in [6, 6.07) is 17.9. The van der Waals surface area contributed by atoms with Gasteiger partial charge in [-0.3, -0.25) is 5.32 Å². The molecule has 7 heteroatoms. The molecule has 0 aliphatic heterocycles. The number of hydrogen-bond acceptors (Lipinski definition) is 6. The second-order valence-corrected chi connectivity index (χ2v) is 8.93. The van der Waals surface area contributed by atoms with Crippen molar-refractivity contribution in [1.82, 2.24) is 14.9 Å². The molecule has 180 valence electrons. The molecule has 7 nitrogen and oxygen atoms in total. The SMILES string of the molecule is CC(O)c1nccn1C(C#Cc1ccc(-c2ccc(C3CC(NC(C#N)CO)C3)cc2)cc1)CO. The maximum absolute atomic E-state index is 9.85. The number of benzene rings is 2. The van der Waals surface area contributed by atoms with Gasteiger partial charge in [0, 0.05) is 24.0 Å². The van der Waals surface area contributed by atoms with Crippen LogP contribution in [0.3, 0.4) is 0 Å². The lowest BCUT2D eigenvalue weighted by atomic mass is 9.75. The van der Waals surface area contributed by atoms with Crippen LogP contribution in [0.15, 0.2) is 60.9 Å². The zero-order chi connectivity index (χ0) is 24.8. The highest BCUT2D eigenvalue weighted by Crippen LogP contribution is 2.37. The fraction of sp³-hybridized carbons (Fsp3) is 0.357. The molecule has 1 fully saturated rings. The Morgan fingerprint density at radius 1 is 1.06 bits per heavy atom. The topological polar surface area (TPSA) is 114 Å². The molecule has 0 spiro atoms. The molecule has 1 saturated carbocycles. The van der Waals surface area contributed by atoms with Crippen molar-refractivity contribution in [3.63, 3.8) is 0 Å². The van der Waals surface area contributed by atoms with Crippen LogP contribution >= 0.6 is 0 Å². The third-order valence-electron chi connectivity index (χ3n) is 6.48. The molecule has 1 aliphatic rings. The van der Waals surface area contributed by atoms with Crippen molar-refractivity contribution in [3.8, 4) is 29.0 Å². The van der Waals surface area contributed by atoms with Crippen LogP contribution in [-0.4, -0.2) is 50.2 Å².